The fourth-order valence-electron chi connectivity index (χ4n) is 7.65. The van der Waals surface area contributed by atoms with Crippen molar-refractivity contribution in [3.8, 4) is 0 Å². The number of likely N-dealkylation sites (N-methyl/N-ethyl adjacent to an activating group) is 1. The number of ether oxygens (including phenoxy) is 2. The highest BCUT2D eigenvalue weighted by Crippen LogP contribution is 2.47. The molecule has 0 amide bonds. The van der Waals surface area contributed by atoms with Gasteiger partial charge in [0, 0.05) is 30.2 Å². The Morgan fingerprint density at radius 2 is 1.91 bits per heavy atom. The zero-order valence-electron chi connectivity index (χ0n) is 19.7. The SMILES string of the molecule is CN(C)C1C(F)CC2C(=O)C(C(=O)O)=CN3C4CC5OC6CC(N)CCC6NC5CC4OC1C23. The summed E-state index contributed by atoms with van der Waals surface area (Å²) < 4.78 is 28.6. The van der Waals surface area contributed by atoms with E-state index in [9.17, 15) is 14.7 Å². The number of fused-ring (bicyclic) bond motifs is 4. The van der Waals surface area contributed by atoms with Crippen LogP contribution in [0.25, 0.3) is 0 Å². The summed E-state index contributed by atoms with van der Waals surface area (Å²) >= 11 is 0. The molecule has 0 spiro atoms. The van der Waals surface area contributed by atoms with Crippen LogP contribution in [0.15, 0.2) is 11.8 Å². The topological polar surface area (TPSA) is 117 Å². The second-order valence-electron chi connectivity index (χ2n) is 11.3. The first-order valence-corrected chi connectivity index (χ1v) is 12.6. The number of nitrogens with one attached hydrogen (secondary N) is 1. The molecule has 10 heteroatoms. The minimum absolute atomic E-state index is 0.0104. The quantitative estimate of drug-likeness (QED) is 0.473. The number of carboxylic acids is 1. The van der Waals surface area contributed by atoms with E-state index < -0.39 is 36.0 Å². The van der Waals surface area contributed by atoms with Crippen molar-refractivity contribution in [1.29, 1.82) is 0 Å². The van der Waals surface area contributed by atoms with E-state index in [0.29, 0.717) is 12.8 Å². The van der Waals surface area contributed by atoms with Gasteiger partial charge in [-0.05, 0) is 52.6 Å². The zero-order chi connectivity index (χ0) is 23.9. The van der Waals surface area contributed by atoms with Crippen molar-refractivity contribution >= 4 is 11.8 Å². The van der Waals surface area contributed by atoms with Crippen LogP contribution in [0, 0.1) is 5.92 Å². The maximum absolute atomic E-state index is 15.4. The Hall–Kier alpha value is -1.59. The second kappa shape index (κ2) is 8.23. The Labute approximate surface area is 198 Å². The highest BCUT2D eigenvalue weighted by Gasteiger charge is 2.60. The van der Waals surface area contributed by atoms with Crippen molar-refractivity contribution in [3.05, 3.63) is 11.8 Å². The third kappa shape index (κ3) is 3.44. The number of Topliss-reactive ketones (excluding diaryl/α,β-unsaturated/α-hetero) is 1. The van der Waals surface area contributed by atoms with E-state index in [4.69, 9.17) is 15.2 Å². The highest BCUT2D eigenvalue weighted by molar-refractivity contribution is 6.18. The number of alkyl halides is 1. The molecule has 4 N–H and O–H groups in total. The van der Waals surface area contributed by atoms with Gasteiger partial charge in [-0.2, -0.15) is 0 Å². The zero-order valence-corrected chi connectivity index (χ0v) is 19.7. The van der Waals surface area contributed by atoms with Gasteiger partial charge in [-0.3, -0.25) is 4.79 Å². The molecular formula is C24H35FN4O5. The summed E-state index contributed by atoms with van der Waals surface area (Å²) in [6.45, 7) is 0. The molecule has 0 bridgehead atoms. The first-order chi connectivity index (χ1) is 16.2. The maximum Gasteiger partial charge on any atom is 0.340 e. The van der Waals surface area contributed by atoms with Gasteiger partial charge in [0.15, 0.2) is 5.78 Å². The Balaban J connectivity index is 1.34. The Kier molecular flexibility index (Phi) is 5.53. The summed E-state index contributed by atoms with van der Waals surface area (Å²) in [4.78, 5) is 28.9. The van der Waals surface area contributed by atoms with Crippen LogP contribution < -0.4 is 11.1 Å². The van der Waals surface area contributed by atoms with Crippen LogP contribution in [0.4, 0.5) is 4.39 Å². The van der Waals surface area contributed by atoms with E-state index in [1.807, 2.05) is 23.9 Å². The average Bonchev–Trinajstić information content (AvgIpc) is 2.77. The van der Waals surface area contributed by atoms with Crippen molar-refractivity contribution in [2.24, 2.45) is 11.7 Å². The molecule has 2 saturated heterocycles. The number of nitrogens with two attached hydrogens (primary N) is 1. The third-order valence-corrected chi connectivity index (χ3v) is 9.15. The van der Waals surface area contributed by atoms with E-state index in [1.165, 1.54) is 6.20 Å². The summed E-state index contributed by atoms with van der Waals surface area (Å²) in [5, 5.41) is 13.5. The molecule has 0 radical (unpaired) electrons. The van der Waals surface area contributed by atoms with Crippen molar-refractivity contribution < 1.29 is 28.6 Å². The lowest BCUT2D eigenvalue weighted by Gasteiger charge is -2.62. The number of carbonyl (C=O) groups is 2. The number of carbonyl (C=O) groups excluding carboxylic acids is 1. The Morgan fingerprint density at radius 1 is 1.15 bits per heavy atom. The number of ketones is 1. The highest BCUT2D eigenvalue weighted by atomic mass is 19.1. The largest absolute Gasteiger partial charge is 0.478 e. The molecule has 3 aliphatic heterocycles. The van der Waals surface area contributed by atoms with Gasteiger partial charge in [0.1, 0.15) is 11.7 Å². The second-order valence-corrected chi connectivity index (χ2v) is 11.3. The molecule has 3 aliphatic carbocycles. The molecule has 12 unspecified atom stereocenters. The maximum atomic E-state index is 15.4. The smallest absolute Gasteiger partial charge is 0.340 e. The summed E-state index contributed by atoms with van der Waals surface area (Å²) in [5.41, 5.74) is 5.94. The molecule has 0 aromatic heterocycles. The number of nitrogens with zero attached hydrogens (tertiary/aromatic N) is 2. The van der Waals surface area contributed by atoms with E-state index in [-0.39, 0.29) is 60.5 Å². The van der Waals surface area contributed by atoms with Crippen LogP contribution >= 0.6 is 0 Å². The molecule has 3 heterocycles. The number of hydrogen-bond donors (Lipinski definition) is 3. The fourth-order valence-corrected chi connectivity index (χ4v) is 7.65. The number of aliphatic carboxylic acids is 1. The fraction of sp³-hybridized carbons (Fsp3) is 0.833. The average molecular weight is 479 g/mol. The number of carboxylic acid groups (broad SMARTS) is 1. The lowest BCUT2D eigenvalue weighted by Crippen LogP contribution is -2.75. The van der Waals surface area contributed by atoms with Crippen LogP contribution in [0.3, 0.4) is 0 Å². The van der Waals surface area contributed by atoms with Gasteiger partial charge in [-0.15, -0.1) is 0 Å². The minimum atomic E-state index is -1.27. The van der Waals surface area contributed by atoms with Gasteiger partial charge in [0.25, 0.3) is 0 Å². The molecule has 6 aliphatic rings. The minimum Gasteiger partial charge on any atom is -0.478 e. The van der Waals surface area contributed by atoms with E-state index in [1.54, 1.807) is 0 Å². The lowest BCUT2D eigenvalue weighted by molar-refractivity contribution is -0.230. The molecule has 5 fully saturated rings. The van der Waals surface area contributed by atoms with Crippen molar-refractivity contribution in [3.63, 3.8) is 0 Å². The van der Waals surface area contributed by atoms with Crippen LogP contribution in [0.5, 0.6) is 0 Å². The predicted molar refractivity (Wildman–Crippen MR) is 120 cm³/mol. The van der Waals surface area contributed by atoms with E-state index >= 15 is 4.39 Å². The van der Waals surface area contributed by atoms with Crippen molar-refractivity contribution in [2.45, 2.75) is 105 Å². The molecule has 3 saturated carbocycles. The predicted octanol–water partition coefficient (Wildman–Crippen LogP) is 0.0316. The van der Waals surface area contributed by atoms with E-state index in [0.717, 1.165) is 19.3 Å². The van der Waals surface area contributed by atoms with Gasteiger partial charge in [0.2, 0.25) is 0 Å². The van der Waals surface area contributed by atoms with Crippen LogP contribution in [0.2, 0.25) is 0 Å². The monoisotopic (exact) mass is 478 g/mol. The molecule has 12 atom stereocenters. The first-order valence-electron chi connectivity index (χ1n) is 12.6. The summed E-state index contributed by atoms with van der Waals surface area (Å²) in [6.07, 6.45) is 3.77. The van der Waals surface area contributed by atoms with Gasteiger partial charge in [-0.1, -0.05) is 0 Å². The van der Waals surface area contributed by atoms with Crippen LogP contribution in [0.1, 0.15) is 38.5 Å². The molecule has 6 rings (SSSR count). The Morgan fingerprint density at radius 3 is 2.65 bits per heavy atom. The normalized spacial score (nSPS) is 50.0. The van der Waals surface area contributed by atoms with E-state index in [2.05, 4.69) is 5.32 Å². The molecule has 0 aromatic rings. The van der Waals surface area contributed by atoms with Crippen LogP contribution in [-0.2, 0) is 19.1 Å². The number of halogens is 1. The standard InChI is InChI=1S/C24H35FN4O5/c1-28(2)21-13(25)6-11-20-23(21)34-19-7-15-18(33-17-5-10(26)3-4-14(17)27-15)8-16(19)29(20)9-12(22(11)30)24(31)32/h9-11,13-21,23,27H,3-8,26H2,1-2H3,(H,31,32). The molecular weight excluding hydrogens is 443 g/mol. The van der Waals surface area contributed by atoms with Crippen molar-refractivity contribution in [1.82, 2.24) is 15.1 Å². The summed E-state index contributed by atoms with van der Waals surface area (Å²) in [7, 11) is 3.67. The summed E-state index contributed by atoms with van der Waals surface area (Å²) in [6, 6.07) is -0.426. The van der Waals surface area contributed by atoms with Crippen molar-refractivity contribution in [2.75, 3.05) is 14.1 Å². The van der Waals surface area contributed by atoms with Gasteiger partial charge < -0.3 is 35.4 Å². The molecule has 9 nitrogen and oxygen atoms in total. The number of morpholine rings is 2. The lowest BCUT2D eigenvalue weighted by atomic mass is 9.69. The number of hydrogen-bond acceptors (Lipinski definition) is 8. The van der Waals surface area contributed by atoms with Gasteiger partial charge in [-0.25, -0.2) is 9.18 Å². The van der Waals surface area contributed by atoms with Gasteiger partial charge >= 0.3 is 5.97 Å². The third-order valence-electron chi connectivity index (χ3n) is 9.15. The Bertz CT molecular complexity index is 901. The first kappa shape index (κ1) is 22.8. The number of rotatable bonds is 2. The van der Waals surface area contributed by atoms with Gasteiger partial charge in [0.05, 0.1) is 42.5 Å². The summed E-state index contributed by atoms with van der Waals surface area (Å²) in [5.74, 6) is -2.46. The molecule has 34 heavy (non-hydrogen) atoms. The van der Waals surface area contributed by atoms with Crippen LogP contribution in [-0.4, -0.2) is 108 Å². The molecule has 188 valence electrons. The molecule has 0 aromatic carbocycles.